The van der Waals surface area contributed by atoms with Crippen LogP contribution in [0.4, 0.5) is 0 Å². The Balaban J connectivity index is 2.12. The highest BCUT2D eigenvalue weighted by Crippen LogP contribution is 2.42. The molecule has 0 amide bonds. The molecule has 1 aromatic rings. The van der Waals surface area contributed by atoms with Crippen molar-refractivity contribution in [2.45, 2.75) is 53.1 Å². The lowest BCUT2D eigenvalue weighted by atomic mass is 9.94. The minimum Gasteiger partial charge on any atom is -0.507 e. The highest BCUT2D eigenvalue weighted by atomic mass is 16.5. The number of hydrogen-bond acceptors (Lipinski definition) is 6. The number of rotatable bonds is 8. The minimum atomic E-state index is -0.494. The van der Waals surface area contributed by atoms with Crippen LogP contribution < -0.4 is 4.74 Å². The molecule has 1 heterocycles. The van der Waals surface area contributed by atoms with Gasteiger partial charge in [0.05, 0.1) is 20.1 Å². The van der Waals surface area contributed by atoms with Crippen LogP contribution in [0.2, 0.25) is 0 Å². The van der Waals surface area contributed by atoms with Crippen LogP contribution in [-0.4, -0.2) is 31.3 Å². The van der Waals surface area contributed by atoms with Gasteiger partial charge in [0.25, 0.3) is 0 Å². The van der Waals surface area contributed by atoms with E-state index in [-0.39, 0.29) is 29.8 Å². The summed E-state index contributed by atoms with van der Waals surface area (Å²) in [6.07, 6.45) is 4.95. The van der Waals surface area contributed by atoms with Crippen molar-refractivity contribution in [2.24, 2.45) is 5.92 Å². The summed E-state index contributed by atoms with van der Waals surface area (Å²) in [5.41, 5.74) is 3.50. The number of cyclic esters (lactones) is 1. The van der Waals surface area contributed by atoms with E-state index in [1.807, 2.05) is 26.8 Å². The summed E-state index contributed by atoms with van der Waals surface area (Å²) in [5.74, 6) is -0.262. The fourth-order valence-electron chi connectivity index (χ4n) is 3.41. The van der Waals surface area contributed by atoms with Crippen LogP contribution in [0.5, 0.6) is 11.5 Å². The first-order valence-electron chi connectivity index (χ1n) is 9.13. The minimum absolute atomic E-state index is 0.0571. The summed E-state index contributed by atoms with van der Waals surface area (Å²) in [7, 11) is 2.96. The molecule has 2 rings (SSSR count). The Hall–Kier alpha value is -2.50. The molecule has 0 aromatic heterocycles. The normalized spacial score (nSPS) is 14.6. The van der Waals surface area contributed by atoms with Crippen molar-refractivity contribution in [1.29, 1.82) is 0 Å². The first kappa shape index (κ1) is 20.8. The number of methoxy groups -OCH3 is 2. The van der Waals surface area contributed by atoms with E-state index in [4.69, 9.17) is 14.2 Å². The van der Waals surface area contributed by atoms with Crippen molar-refractivity contribution >= 4 is 11.9 Å². The number of carbonyl (C=O) groups is 2. The molecule has 0 fully saturated rings. The van der Waals surface area contributed by atoms with E-state index in [2.05, 4.69) is 0 Å². The third kappa shape index (κ3) is 4.43. The largest absolute Gasteiger partial charge is 0.507 e. The maximum atomic E-state index is 11.9. The zero-order valence-corrected chi connectivity index (χ0v) is 16.7. The van der Waals surface area contributed by atoms with E-state index in [1.165, 1.54) is 7.11 Å². The van der Waals surface area contributed by atoms with E-state index in [0.29, 0.717) is 23.3 Å². The second-order valence-corrected chi connectivity index (χ2v) is 6.99. The molecule has 0 saturated heterocycles. The number of carbonyl (C=O) groups excluding carboxylic acids is 2. The van der Waals surface area contributed by atoms with E-state index in [1.54, 1.807) is 7.11 Å². The van der Waals surface area contributed by atoms with E-state index < -0.39 is 5.97 Å². The maximum Gasteiger partial charge on any atom is 0.342 e. The van der Waals surface area contributed by atoms with Crippen molar-refractivity contribution in [1.82, 2.24) is 0 Å². The summed E-state index contributed by atoms with van der Waals surface area (Å²) >= 11 is 0. The van der Waals surface area contributed by atoms with Gasteiger partial charge < -0.3 is 19.3 Å². The van der Waals surface area contributed by atoms with Crippen LogP contribution >= 0.6 is 0 Å². The summed E-state index contributed by atoms with van der Waals surface area (Å²) in [4.78, 5) is 23.4. The van der Waals surface area contributed by atoms with Crippen molar-refractivity contribution in [3.05, 3.63) is 33.9 Å². The smallest absolute Gasteiger partial charge is 0.342 e. The SMILES string of the molecule is COC(=O)C(C)CCC/C(C)=C/Cc1c(O)c2c(c(C)c1OC)COC2=O. The summed E-state index contributed by atoms with van der Waals surface area (Å²) in [6.45, 7) is 5.91. The Labute approximate surface area is 160 Å². The lowest BCUT2D eigenvalue weighted by molar-refractivity contribution is -0.145. The van der Waals surface area contributed by atoms with Gasteiger partial charge >= 0.3 is 11.9 Å². The van der Waals surface area contributed by atoms with Gasteiger partial charge in [0.15, 0.2) is 0 Å². The average Bonchev–Trinajstić information content (AvgIpc) is 3.04. The molecule has 1 aliphatic rings. The number of phenolic OH excluding ortho intramolecular Hbond substituents is 1. The molecule has 1 unspecified atom stereocenters. The van der Waals surface area contributed by atoms with Crippen molar-refractivity contribution < 1.29 is 28.9 Å². The Morgan fingerprint density at radius 2 is 2.07 bits per heavy atom. The molecule has 0 spiro atoms. The van der Waals surface area contributed by atoms with Crippen molar-refractivity contribution in [2.75, 3.05) is 14.2 Å². The second-order valence-electron chi connectivity index (χ2n) is 6.99. The van der Waals surface area contributed by atoms with Gasteiger partial charge in [-0.1, -0.05) is 18.6 Å². The fourth-order valence-corrected chi connectivity index (χ4v) is 3.41. The molecule has 1 aromatic carbocycles. The number of benzene rings is 1. The van der Waals surface area contributed by atoms with Crippen molar-refractivity contribution in [3.8, 4) is 11.5 Å². The fraction of sp³-hybridized carbons (Fsp3) is 0.524. The number of ether oxygens (including phenoxy) is 3. The molecular weight excluding hydrogens is 348 g/mol. The van der Waals surface area contributed by atoms with Crippen molar-refractivity contribution in [3.63, 3.8) is 0 Å². The number of hydrogen-bond donors (Lipinski definition) is 1. The first-order valence-corrected chi connectivity index (χ1v) is 9.13. The first-order chi connectivity index (χ1) is 12.8. The average molecular weight is 376 g/mol. The van der Waals surface area contributed by atoms with Gasteiger partial charge in [-0.15, -0.1) is 0 Å². The second kappa shape index (κ2) is 8.93. The molecular formula is C21H28O6. The van der Waals surface area contributed by atoms with Gasteiger partial charge in [-0.05, 0) is 45.1 Å². The summed E-state index contributed by atoms with van der Waals surface area (Å²) < 4.78 is 15.3. The van der Waals surface area contributed by atoms with Crippen LogP contribution in [0.25, 0.3) is 0 Å². The van der Waals surface area contributed by atoms with Gasteiger partial charge in [0.1, 0.15) is 23.7 Å². The third-order valence-corrected chi connectivity index (χ3v) is 5.11. The maximum absolute atomic E-state index is 11.9. The molecule has 1 aliphatic heterocycles. The molecule has 6 heteroatoms. The number of allylic oxidation sites excluding steroid dienone is 2. The van der Waals surface area contributed by atoms with E-state index >= 15 is 0 Å². The molecule has 0 radical (unpaired) electrons. The van der Waals surface area contributed by atoms with Gasteiger partial charge in [0.2, 0.25) is 0 Å². The molecule has 27 heavy (non-hydrogen) atoms. The molecule has 148 valence electrons. The third-order valence-electron chi connectivity index (χ3n) is 5.11. The standard InChI is InChI=1S/C21H28O6/c1-12(7-6-8-13(2)20(23)26-5)9-10-15-18(22)17-16(11-27-21(17)24)14(3)19(15)25-4/h9,13,22H,6-8,10-11H2,1-5H3/b12-9+. The Morgan fingerprint density at radius 1 is 1.37 bits per heavy atom. The molecule has 1 atom stereocenters. The highest BCUT2D eigenvalue weighted by molar-refractivity contribution is 5.98. The predicted octanol–water partition coefficient (Wildman–Crippen LogP) is 3.85. The molecule has 0 saturated carbocycles. The van der Waals surface area contributed by atoms with E-state index in [0.717, 1.165) is 30.4 Å². The molecule has 0 aliphatic carbocycles. The lowest BCUT2D eigenvalue weighted by Crippen LogP contribution is -2.12. The van der Waals surface area contributed by atoms with Crippen LogP contribution in [0.15, 0.2) is 11.6 Å². The topological polar surface area (TPSA) is 82.1 Å². The number of esters is 2. The Morgan fingerprint density at radius 3 is 2.70 bits per heavy atom. The summed E-state index contributed by atoms with van der Waals surface area (Å²) in [6, 6.07) is 0. The number of phenols is 1. The van der Waals surface area contributed by atoms with E-state index in [9.17, 15) is 14.7 Å². The van der Waals surface area contributed by atoms with Crippen LogP contribution in [0.3, 0.4) is 0 Å². The summed E-state index contributed by atoms with van der Waals surface area (Å²) in [5, 5.41) is 10.6. The lowest BCUT2D eigenvalue weighted by Gasteiger charge is -2.16. The van der Waals surface area contributed by atoms with Gasteiger partial charge in [-0.2, -0.15) is 0 Å². The van der Waals surface area contributed by atoms with Gasteiger partial charge in [-0.25, -0.2) is 4.79 Å². The quantitative estimate of drug-likeness (QED) is 0.548. The number of fused-ring (bicyclic) bond motifs is 1. The van der Waals surface area contributed by atoms with Crippen LogP contribution in [0, 0.1) is 12.8 Å². The predicted molar refractivity (Wildman–Crippen MR) is 101 cm³/mol. The van der Waals surface area contributed by atoms with Gasteiger partial charge in [-0.3, -0.25) is 4.79 Å². The number of aromatic hydroxyl groups is 1. The molecule has 0 bridgehead atoms. The monoisotopic (exact) mass is 376 g/mol. The Bertz CT molecular complexity index is 763. The highest BCUT2D eigenvalue weighted by Gasteiger charge is 2.31. The van der Waals surface area contributed by atoms with Crippen LogP contribution in [0.1, 0.15) is 60.2 Å². The molecule has 6 nitrogen and oxygen atoms in total. The Kier molecular flexibility index (Phi) is 6.88. The van der Waals surface area contributed by atoms with Gasteiger partial charge in [0, 0.05) is 11.1 Å². The molecule has 1 N–H and O–H groups in total. The zero-order chi connectivity index (χ0) is 20.1. The zero-order valence-electron chi connectivity index (χ0n) is 16.7. The van der Waals surface area contributed by atoms with Crippen LogP contribution in [-0.2, 0) is 27.3 Å².